The largest absolute Gasteiger partial charge is 0.396 e. The Morgan fingerprint density at radius 1 is 0.596 bits per heavy atom. The summed E-state index contributed by atoms with van der Waals surface area (Å²) in [6.45, 7) is 6.14. The molecular formula is C42H46N8O2. The lowest BCUT2D eigenvalue weighted by molar-refractivity contribution is 0.257. The highest BCUT2D eigenvalue weighted by Crippen LogP contribution is 2.40. The number of hydrogen-bond donors (Lipinski definition) is 6. The smallest absolute Gasteiger partial charge is 0.156 e. The fourth-order valence-corrected chi connectivity index (χ4v) is 7.31. The van der Waals surface area contributed by atoms with Gasteiger partial charge in [-0.05, 0) is 122 Å². The molecule has 10 nitrogen and oxygen atoms in total. The minimum Gasteiger partial charge on any atom is -0.396 e. The summed E-state index contributed by atoms with van der Waals surface area (Å²) in [4.78, 5) is 19.0. The monoisotopic (exact) mass is 694 g/mol. The van der Waals surface area contributed by atoms with Crippen molar-refractivity contribution >= 4 is 44.8 Å². The van der Waals surface area contributed by atoms with Crippen LogP contribution >= 0.6 is 0 Å². The summed E-state index contributed by atoms with van der Waals surface area (Å²) in [7, 11) is 0. The van der Waals surface area contributed by atoms with Gasteiger partial charge in [-0.15, -0.1) is 0 Å². The van der Waals surface area contributed by atoms with Gasteiger partial charge in [-0.2, -0.15) is 0 Å². The zero-order valence-electron chi connectivity index (χ0n) is 29.8. The van der Waals surface area contributed by atoms with Crippen LogP contribution < -0.4 is 21.3 Å². The van der Waals surface area contributed by atoms with E-state index in [2.05, 4.69) is 93.6 Å². The van der Waals surface area contributed by atoms with Crippen LogP contribution in [0.4, 0.5) is 23.0 Å². The van der Waals surface area contributed by atoms with Crippen LogP contribution in [0.5, 0.6) is 0 Å². The lowest BCUT2D eigenvalue weighted by Gasteiger charge is -2.18. The van der Waals surface area contributed by atoms with E-state index in [0.29, 0.717) is 11.6 Å². The second-order valence-electron chi connectivity index (χ2n) is 14.6. The number of aliphatic hydroxyl groups is 2. The third-order valence-electron chi connectivity index (χ3n) is 11.0. The highest BCUT2D eigenvalue weighted by atomic mass is 16.3. The molecule has 2 saturated carbocycles. The van der Waals surface area contributed by atoms with Crippen LogP contribution in [0.2, 0.25) is 0 Å². The molecule has 0 aliphatic heterocycles. The van der Waals surface area contributed by atoms with Crippen molar-refractivity contribution in [1.29, 1.82) is 0 Å². The van der Waals surface area contributed by atoms with Gasteiger partial charge in [0.25, 0.3) is 0 Å². The predicted octanol–water partition coefficient (Wildman–Crippen LogP) is 7.35. The molecule has 10 heteroatoms. The SMILES string of the molecule is Cc1c(Nc2nccc3cc(CNC4(CCO)CC4)cnc23)cccc1-c1cccc(Nc2nccc3cc(CNC4(CCO)CC4)cnc23)c1C. The molecule has 4 heterocycles. The first-order chi connectivity index (χ1) is 25.4. The maximum atomic E-state index is 9.41. The van der Waals surface area contributed by atoms with Crippen molar-refractivity contribution in [3.8, 4) is 11.1 Å². The molecule has 2 aliphatic rings. The van der Waals surface area contributed by atoms with E-state index in [1.165, 1.54) is 0 Å². The molecule has 266 valence electrons. The van der Waals surface area contributed by atoms with Crippen LogP contribution in [0.1, 0.15) is 60.8 Å². The Labute approximate surface area is 304 Å². The van der Waals surface area contributed by atoms with Crippen molar-refractivity contribution in [3.63, 3.8) is 0 Å². The molecule has 6 aromatic rings. The van der Waals surface area contributed by atoms with Crippen LogP contribution in [0.15, 0.2) is 85.5 Å². The second-order valence-corrected chi connectivity index (χ2v) is 14.6. The van der Waals surface area contributed by atoms with Crippen LogP contribution in [0, 0.1) is 13.8 Å². The summed E-state index contributed by atoms with van der Waals surface area (Å²) in [6, 6.07) is 21.0. The number of aromatic nitrogens is 4. The number of rotatable bonds is 15. The van der Waals surface area contributed by atoms with Crippen molar-refractivity contribution in [3.05, 3.63) is 108 Å². The predicted molar refractivity (Wildman–Crippen MR) is 208 cm³/mol. The average molecular weight is 695 g/mol. The standard InChI is InChI=1S/C42H46N8O2/c1-27-33(5-3-7-35(27)49-39-37-31(9-17-43-39)21-29(23-45-37)25-47-41(11-12-41)15-19-51)34-6-4-8-36(28(34)2)50-40-38-32(10-18-44-40)22-30(24-46-38)26-48-42(13-14-42)16-20-52/h3-10,17-18,21-24,47-48,51-52H,11-16,19-20,25-26H2,1-2H3,(H,43,49)(H,44,50). The Morgan fingerprint density at radius 3 is 1.44 bits per heavy atom. The van der Waals surface area contributed by atoms with Gasteiger partial charge in [-0.1, -0.05) is 24.3 Å². The molecule has 0 amide bonds. The average Bonchev–Trinajstić information content (AvgIpc) is 4.10. The highest BCUT2D eigenvalue weighted by molar-refractivity contribution is 5.92. The third kappa shape index (κ3) is 7.07. The first-order valence-corrected chi connectivity index (χ1v) is 18.3. The van der Waals surface area contributed by atoms with Crippen molar-refractivity contribution < 1.29 is 10.2 Å². The molecule has 0 unspecified atom stereocenters. The van der Waals surface area contributed by atoms with Crippen molar-refractivity contribution in [2.75, 3.05) is 23.8 Å². The van der Waals surface area contributed by atoms with Gasteiger partial charge in [0.15, 0.2) is 11.6 Å². The molecule has 0 bridgehead atoms. The topological polar surface area (TPSA) is 140 Å². The molecule has 0 spiro atoms. The summed E-state index contributed by atoms with van der Waals surface area (Å²) >= 11 is 0. The number of hydrogen-bond acceptors (Lipinski definition) is 10. The van der Waals surface area contributed by atoms with Gasteiger partial charge in [0.05, 0.1) is 0 Å². The van der Waals surface area contributed by atoms with Crippen LogP contribution in [0.25, 0.3) is 32.9 Å². The molecule has 0 radical (unpaired) electrons. The first kappa shape index (κ1) is 34.1. The van der Waals surface area contributed by atoms with Crippen LogP contribution in [-0.2, 0) is 13.1 Å². The first-order valence-electron chi connectivity index (χ1n) is 18.3. The number of anilines is 4. The van der Waals surface area contributed by atoms with E-state index < -0.39 is 0 Å². The van der Waals surface area contributed by atoms with Gasteiger partial charge < -0.3 is 31.5 Å². The summed E-state index contributed by atoms with van der Waals surface area (Å²) in [6.07, 6.45) is 13.5. The van der Waals surface area contributed by atoms with Gasteiger partial charge in [0.2, 0.25) is 0 Å². The fourth-order valence-electron chi connectivity index (χ4n) is 7.31. The van der Waals surface area contributed by atoms with Gasteiger partial charge >= 0.3 is 0 Å². The van der Waals surface area contributed by atoms with E-state index in [-0.39, 0.29) is 24.3 Å². The van der Waals surface area contributed by atoms with Crippen molar-refractivity contribution in [2.24, 2.45) is 0 Å². The molecular weight excluding hydrogens is 649 g/mol. The normalized spacial score (nSPS) is 15.5. The number of nitrogens with one attached hydrogen (secondary N) is 4. The molecule has 52 heavy (non-hydrogen) atoms. The molecule has 0 atom stereocenters. The van der Waals surface area contributed by atoms with E-state index in [1.807, 2.05) is 36.9 Å². The Hall–Kier alpha value is -5.00. The number of aliphatic hydroxyl groups excluding tert-OH is 2. The van der Waals surface area contributed by atoms with E-state index in [4.69, 9.17) is 9.97 Å². The summed E-state index contributed by atoms with van der Waals surface area (Å²) < 4.78 is 0. The van der Waals surface area contributed by atoms with Crippen molar-refractivity contribution in [1.82, 2.24) is 30.6 Å². The molecule has 2 aromatic carbocycles. The minimum atomic E-state index is 0.0822. The fraction of sp³-hybridized carbons (Fsp3) is 0.333. The van der Waals surface area contributed by atoms with E-state index in [1.54, 1.807) is 0 Å². The zero-order valence-corrected chi connectivity index (χ0v) is 29.8. The lowest BCUT2D eigenvalue weighted by Crippen LogP contribution is -2.31. The second kappa shape index (κ2) is 14.2. The number of fused-ring (bicyclic) bond motifs is 2. The molecule has 6 N–H and O–H groups in total. The third-order valence-corrected chi connectivity index (χ3v) is 11.0. The molecule has 8 rings (SSSR count). The Morgan fingerprint density at radius 2 is 1.04 bits per heavy atom. The van der Waals surface area contributed by atoms with Gasteiger partial charge in [0.1, 0.15) is 11.0 Å². The number of pyridine rings is 4. The quantitative estimate of drug-likeness (QED) is 0.0647. The van der Waals surface area contributed by atoms with Crippen LogP contribution in [0.3, 0.4) is 0 Å². The Kier molecular flexibility index (Phi) is 9.31. The summed E-state index contributed by atoms with van der Waals surface area (Å²) in [5.41, 5.74) is 10.4. The van der Waals surface area contributed by atoms with E-state index >= 15 is 0 Å². The zero-order chi connectivity index (χ0) is 35.7. The minimum absolute atomic E-state index is 0.0822. The summed E-state index contributed by atoms with van der Waals surface area (Å²) in [5, 5.41) is 35.3. The van der Waals surface area contributed by atoms with Gasteiger partial charge in [0, 0.05) is 84.3 Å². The Bertz CT molecular complexity index is 2090. The number of benzene rings is 2. The maximum Gasteiger partial charge on any atom is 0.156 e. The molecule has 0 saturated heterocycles. The van der Waals surface area contributed by atoms with Gasteiger partial charge in [-0.3, -0.25) is 9.97 Å². The molecule has 2 aliphatic carbocycles. The highest BCUT2D eigenvalue weighted by Gasteiger charge is 2.41. The van der Waals surface area contributed by atoms with Crippen LogP contribution in [-0.4, -0.2) is 54.4 Å². The van der Waals surface area contributed by atoms with E-state index in [9.17, 15) is 10.2 Å². The van der Waals surface area contributed by atoms with Crippen molar-refractivity contribution in [2.45, 2.75) is 76.5 Å². The molecule has 2 fully saturated rings. The molecule has 4 aromatic heterocycles. The lowest BCUT2D eigenvalue weighted by atomic mass is 9.94. The number of nitrogens with zero attached hydrogens (tertiary/aromatic N) is 4. The maximum absolute atomic E-state index is 9.41. The van der Waals surface area contributed by atoms with Gasteiger partial charge in [-0.25, -0.2) is 9.97 Å². The summed E-state index contributed by atoms with van der Waals surface area (Å²) in [5.74, 6) is 1.43. The van der Waals surface area contributed by atoms with E-state index in [0.717, 1.165) is 118 Å². The Balaban J connectivity index is 1.01.